The van der Waals surface area contributed by atoms with Crippen molar-refractivity contribution in [1.29, 1.82) is 0 Å². The Morgan fingerprint density at radius 2 is 2.10 bits per heavy atom. The standard InChI is InChI=1S/C21H20F3N5O2/c1-11-2-3-14(22)16-17(11)28-29(10-12-4-6-21(23,24)9-12)18(16)20(31)27-13-5-7-26-15(8-13)19(25)30/h2-3,5,7-8,12H,4,6,9-10H2,1H3,(H2,25,30)(H,26,27,31). The minimum absolute atomic E-state index is 0.0198. The SMILES string of the molecule is Cc1ccc(F)c2c(C(=O)Nc3ccnc(C(N)=O)c3)n(CC3CCC(F)(F)C3)nc12. The Balaban J connectivity index is 1.74. The molecule has 3 aromatic rings. The number of hydrogen-bond donors (Lipinski definition) is 2. The first-order valence-electron chi connectivity index (χ1n) is 9.75. The fourth-order valence-electron chi connectivity index (χ4n) is 3.96. The van der Waals surface area contributed by atoms with Gasteiger partial charge in [-0.05, 0) is 43.0 Å². The molecule has 4 rings (SSSR count). The van der Waals surface area contributed by atoms with Crippen LogP contribution in [-0.2, 0) is 6.54 Å². The number of halogens is 3. The van der Waals surface area contributed by atoms with Crippen LogP contribution < -0.4 is 11.1 Å². The largest absolute Gasteiger partial charge is 0.364 e. The number of rotatable bonds is 5. The zero-order valence-corrected chi connectivity index (χ0v) is 16.7. The summed E-state index contributed by atoms with van der Waals surface area (Å²) in [5, 5.41) is 6.99. The maximum Gasteiger partial charge on any atom is 0.274 e. The van der Waals surface area contributed by atoms with Gasteiger partial charge in [-0.2, -0.15) is 5.10 Å². The summed E-state index contributed by atoms with van der Waals surface area (Å²) >= 11 is 0. The number of amides is 2. The summed E-state index contributed by atoms with van der Waals surface area (Å²) < 4.78 is 43.4. The van der Waals surface area contributed by atoms with Crippen molar-refractivity contribution in [2.24, 2.45) is 11.7 Å². The van der Waals surface area contributed by atoms with Gasteiger partial charge in [-0.3, -0.25) is 19.3 Å². The number of carbonyl (C=O) groups excluding carboxylic acids is 2. The molecule has 10 heteroatoms. The first-order chi connectivity index (χ1) is 14.6. The number of nitrogens with zero attached hydrogens (tertiary/aromatic N) is 3. The Bertz CT molecular complexity index is 1190. The maximum absolute atomic E-state index is 14.7. The van der Waals surface area contributed by atoms with Crippen LogP contribution in [0.3, 0.4) is 0 Å². The smallest absolute Gasteiger partial charge is 0.274 e. The number of hydrogen-bond acceptors (Lipinski definition) is 4. The molecule has 1 unspecified atom stereocenters. The molecule has 1 fully saturated rings. The van der Waals surface area contributed by atoms with Gasteiger partial charge in [0.15, 0.2) is 0 Å². The Hall–Kier alpha value is -3.43. The molecular weight excluding hydrogens is 411 g/mol. The maximum atomic E-state index is 14.7. The highest BCUT2D eigenvalue weighted by Crippen LogP contribution is 2.40. The normalized spacial score (nSPS) is 17.7. The van der Waals surface area contributed by atoms with Gasteiger partial charge in [-0.1, -0.05) is 6.07 Å². The van der Waals surface area contributed by atoms with Crippen molar-refractivity contribution in [2.45, 2.75) is 38.7 Å². The predicted molar refractivity (Wildman–Crippen MR) is 107 cm³/mol. The zero-order valence-electron chi connectivity index (χ0n) is 16.7. The molecular formula is C21H20F3N5O2. The van der Waals surface area contributed by atoms with Crippen LogP contribution >= 0.6 is 0 Å². The molecule has 31 heavy (non-hydrogen) atoms. The third-order valence-corrected chi connectivity index (χ3v) is 5.47. The molecule has 0 bridgehead atoms. The first kappa shape index (κ1) is 20.8. The van der Waals surface area contributed by atoms with Crippen molar-refractivity contribution < 1.29 is 22.8 Å². The lowest BCUT2D eigenvalue weighted by molar-refractivity contribution is 0.00422. The highest BCUT2D eigenvalue weighted by atomic mass is 19.3. The van der Waals surface area contributed by atoms with Crippen molar-refractivity contribution in [3.63, 3.8) is 0 Å². The molecule has 0 radical (unpaired) electrons. The summed E-state index contributed by atoms with van der Waals surface area (Å²) in [6.07, 6.45) is 1.06. The summed E-state index contributed by atoms with van der Waals surface area (Å²) in [6, 6.07) is 5.53. The molecule has 2 heterocycles. The third-order valence-electron chi connectivity index (χ3n) is 5.47. The van der Waals surface area contributed by atoms with E-state index in [0.717, 1.165) is 0 Å². The van der Waals surface area contributed by atoms with Crippen LogP contribution in [0.5, 0.6) is 0 Å². The summed E-state index contributed by atoms with van der Waals surface area (Å²) in [4.78, 5) is 28.3. The average Bonchev–Trinajstić information content (AvgIpc) is 3.25. The van der Waals surface area contributed by atoms with E-state index >= 15 is 0 Å². The Labute approximate surface area is 175 Å². The van der Waals surface area contributed by atoms with Crippen LogP contribution in [0.2, 0.25) is 0 Å². The highest BCUT2D eigenvalue weighted by Gasteiger charge is 2.40. The van der Waals surface area contributed by atoms with Crippen LogP contribution in [0.15, 0.2) is 30.5 Å². The number of carbonyl (C=O) groups is 2. The number of anilines is 1. The van der Waals surface area contributed by atoms with Crippen LogP contribution in [0.4, 0.5) is 18.9 Å². The van der Waals surface area contributed by atoms with E-state index in [4.69, 9.17) is 5.73 Å². The summed E-state index contributed by atoms with van der Waals surface area (Å²) in [5.74, 6) is -5.22. The van der Waals surface area contributed by atoms with Gasteiger partial charge in [-0.25, -0.2) is 13.2 Å². The number of nitrogens with two attached hydrogens (primary N) is 1. The molecule has 0 saturated heterocycles. The Morgan fingerprint density at radius 3 is 2.77 bits per heavy atom. The fraction of sp³-hybridized carbons (Fsp3) is 0.333. The van der Waals surface area contributed by atoms with E-state index in [2.05, 4.69) is 15.4 Å². The zero-order chi connectivity index (χ0) is 22.3. The molecule has 7 nitrogen and oxygen atoms in total. The Morgan fingerprint density at radius 1 is 1.32 bits per heavy atom. The number of alkyl halides is 2. The molecule has 3 N–H and O–H groups in total. The lowest BCUT2D eigenvalue weighted by Crippen LogP contribution is -2.22. The number of primary amides is 1. The van der Waals surface area contributed by atoms with E-state index in [0.29, 0.717) is 11.1 Å². The van der Waals surface area contributed by atoms with E-state index in [1.54, 1.807) is 13.0 Å². The molecule has 1 aliphatic rings. The van der Waals surface area contributed by atoms with Gasteiger partial charge in [0.2, 0.25) is 5.92 Å². The summed E-state index contributed by atoms with van der Waals surface area (Å²) in [5.41, 5.74) is 6.28. The van der Waals surface area contributed by atoms with Crippen LogP contribution in [0, 0.1) is 18.7 Å². The van der Waals surface area contributed by atoms with Crippen molar-refractivity contribution in [3.05, 3.63) is 53.2 Å². The van der Waals surface area contributed by atoms with Crippen molar-refractivity contribution in [2.75, 3.05) is 5.32 Å². The molecule has 1 aliphatic carbocycles. The van der Waals surface area contributed by atoms with Gasteiger partial charge >= 0.3 is 0 Å². The van der Waals surface area contributed by atoms with Crippen LogP contribution in [0.25, 0.3) is 10.9 Å². The van der Waals surface area contributed by atoms with Crippen molar-refractivity contribution >= 4 is 28.4 Å². The summed E-state index contributed by atoms with van der Waals surface area (Å²) in [6.45, 7) is 1.79. The lowest BCUT2D eigenvalue weighted by atomic mass is 10.1. The van der Waals surface area contributed by atoms with E-state index in [9.17, 15) is 22.8 Å². The number of fused-ring (bicyclic) bond motifs is 1. The predicted octanol–water partition coefficient (Wildman–Crippen LogP) is 3.67. The van der Waals surface area contributed by atoms with E-state index in [-0.39, 0.29) is 54.2 Å². The molecule has 1 saturated carbocycles. The van der Waals surface area contributed by atoms with E-state index < -0.39 is 23.6 Å². The first-order valence-corrected chi connectivity index (χ1v) is 9.75. The quantitative estimate of drug-likeness (QED) is 0.643. The number of aromatic nitrogens is 3. The third kappa shape index (κ3) is 4.10. The molecule has 2 aromatic heterocycles. The minimum Gasteiger partial charge on any atom is -0.364 e. The van der Waals surface area contributed by atoms with Gasteiger partial charge in [0.05, 0.1) is 10.9 Å². The highest BCUT2D eigenvalue weighted by molar-refractivity contribution is 6.12. The second-order valence-corrected chi connectivity index (χ2v) is 7.83. The molecule has 0 aliphatic heterocycles. The molecule has 2 amide bonds. The molecule has 162 valence electrons. The van der Waals surface area contributed by atoms with E-state index in [1.807, 2.05) is 0 Å². The molecule has 0 spiro atoms. The van der Waals surface area contributed by atoms with Gasteiger partial charge in [0.1, 0.15) is 17.2 Å². The average molecular weight is 431 g/mol. The number of nitrogens with one attached hydrogen (secondary N) is 1. The second-order valence-electron chi connectivity index (χ2n) is 7.83. The molecule has 1 atom stereocenters. The van der Waals surface area contributed by atoms with Gasteiger partial charge < -0.3 is 11.1 Å². The fourth-order valence-corrected chi connectivity index (χ4v) is 3.96. The van der Waals surface area contributed by atoms with E-state index in [1.165, 1.54) is 29.1 Å². The van der Waals surface area contributed by atoms with Crippen LogP contribution in [-0.4, -0.2) is 32.5 Å². The topological polar surface area (TPSA) is 103 Å². The Kier molecular flexibility index (Phi) is 5.16. The second kappa shape index (κ2) is 7.68. The number of aryl methyl sites for hydroxylation is 1. The van der Waals surface area contributed by atoms with Crippen molar-refractivity contribution in [1.82, 2.24) is 14.8 Å². The van der Waals surface area contributed by atoms with Crippen LogP contribution in [0.1, 0.15) is 45.8 Å². The number of pyridine rings is 1. The van der Waals surface area contributed by atoms with Gasteiger partial charge in [-0.15, -0.1) is 0 Å². The minimum atomic E-state index is -2.75. The molecule has 1 aromatic carbocycles. The lowest BCUT2D eigenvalue weighted by Gasteiger charge is -2.14. The van der Waals surface area contributed by atoms with Crippen molar-refractivity contribution in [3.8, 4) is 0 Å². The monoisotopic (exact) mass is 431 g/mol. The van der Waals surface area contributed by atoms with Gasteiger partial charge in [0, 0.05) is 31.3 Å². The summed E-state index contributed by atoms with van der Waals surface area (Å²) in [7, 11) is 0. The van der Waals surface area contributed by atoms with Gasteiger partial charge in [0.25, 0.3) is 11.8 Å². The number of benzene rings is 1.